The highest BCUT2D eigenvalue weighted by Gasteiger charge is 2.21. The SMILES string of the molecule is Cc1ccc(-c2cc(C(=O)OCC(=O)NC(C)c3ccccc3)c3c(C)noc3n2)cc1. The fourth-order valence-electron chi connectivity index (χ4n) is 3.44. The number of rotatable bonds is 6. The maximum absolute atomic E-state index is 12.9. The van der Waals surface area contributed by atoms with Crippen LogP contribution < -0.4 is 5.32 Å². The minimum Gasteiger partial charge on any atom is -0.452 e. The van der Waals surface area contributed by atoms with Crippen molar-refractivity contribution in [3.05, 3.63) is 83.0 Å². The smallest absolute Gasteiger partial charge is 0.339 e. The molecule has 2 heterocycles. The van der Waals surface area contributed by atoms with Gasteiger partial charge in [0.1, 0.15) is 0 Å². The Hall–Kier alpha value is -4.00. The molecule has 0 saturated heterocycles. The van der Waals surface area contributed by atoms with E-state index in [-0.39, 0.29) is 23.2 Å². The van der Waals surface area contributed by atoms with Gasteiger partial charge in [0.15, 0.2) is 6.61 Å². The van der Waals surface area contributed by atoms with Crippen LogP contribution in [0.1, 0.15) is 40.1 Å². The van der Waals surface area contributed by atoms with Crippen LogP contribution in [0.4, 0.5) is 0 Å². The molecular formula is C25H23N3O4. The molecule has 1 atom stereocenters. The second kappa shape index (κ2) is 9.01. The van der Waals surface area contributed by atoms with E-state index in [2.05, 4.69) is 15.5 Å². The molecular weight excluding hydrogens is 406 g/mol. The van der Waals surface area contributed by atoms with Crippen molar-refractivity contribution in [2.75, 3.05) is 6.61 Å². The zero-order valence-corrected chi connectivity index (χ0v) is 18.1. The van der Waals surface area contributed by atoms with Crippen molar-refractivity contribution in [2.45, 2.75) is 26.8 Å². The second-order valence-corrected chi connectivity index (χ2v) is 7.65. The van der Waals surface area contributed by atoms with Gasteiger partial charge in [-0.1, -0.05) is 65.3 Å². The Morgan fingerprint density at radius 2 is 1.78 bits per heavy atom. The predicted octanol–water partition coefficient (Wildman–Crippen LogP) is 4.54. The highest BCUT2D eigenvalue weighted by atomic mass is 16.5. The summed E-state index contributed by atoms with van der Waals surface area (Å²) in [5, 5.41) is 7.24. The minimum absolute atomic E-state index is 0.205. The van der Waals surface area contributed by atoms with E-state index in [0.29, 0.717) is 16.8 Å². The van der Waals surface area contributed by atoms with Crippen LogP contribution in [0.25, 0.3) is 22.4 Å². The lowest BCUT2D eigenvalue weighted by molar-refractivity contribution is -0.124. The Kier molecular flexibility index (Phi) is 5.98. The van der Waals surface area contributed by atoms with Crippen molar-refractivity contribution >= 4 is 23.0 Å². The summed E-state index contributed by atoms with van der Waals surface area (Å²) >= 11 is 0. The Morgan fingerprint density at radius 3 is 2.50 bits per heavy atom. The molecule has 1 amide bonds. The van der Waals surface area contributed by atoms with Crippen molar-refractivity contribution in [1.29, 1.82) is 0 Å². The maximum Gasteiger partial charge on any atom is 0.339 e. The third kappa shape index (κ3) is 4.51. The first kappa shape index (κ1) is 21.2. The number of fused-ring (bicyclic) bond motifs is 1. The van der Waals surface area contributed by atoms with E-state index >= 15 is 0 Å². The molecule has 2 aromatic carbocycles. The molecule has 0 aliphatic heterocycles. The molecule has 32 heavy (non-hydrogen) atoms. The van der Waals surface area contributed by atoms with Gasteiger partial charge in [-0.25, -0.2) is 9.78 Å². The van der Waals surface area contributed by atoms with Gasteiger partial charge in [-0.3, -0.25) is 4.79 Å². The number of ether oxygens (including phenoxy) is 1. The molecule has 7 heteroatoms. The molecule has 0 aliphatic carbocycles. The van der Waals surface area contributed by atoms with Crippen molar-refractivity contribution in [3.63, 3.8) is 0 Å². The van der Waals surface area contributed by atoms with Crippen LogP contribution >= 0.6 is 0 Å². The van der Waals surface area contributed by atoms with Gasteiger partial charge in [0.05, 0.1) is 28.4 Å². The zero-order valence-electron chi connectivity index (χ0n) is 18.1. The largest absolute Gasteiger partial charge is 0.452 e. The highest BCUT2D eigenvalue weighted by molar-refractivity contribution is 6.04. The normalized spacial score (nSPS) is 11.8. The van der Waals surface area contributed by atoms with Crippen LogP contribution in [0, 0.1) is 13.8 Å². The summed E-state index contributed by atoms with van der Waals surface area (Å²) in [6.45, 7) is 5.19. The average molecular weight is 429 g/mol. The number of pyridine rings is 1. The number of aryl methyl sites for hydroxylation is 2. The molecule has 1 unspecified atom stereocenters. The highest BCUT2D eigenvalue weighted by Crippen LogP contribution is 2.27. The number of esters is 1. The minimum atomic E-state index is -0.639. The van der Waals surface area contributed by atoms with Gasteiger partial charge >= 0.3 is 5.97 Å². The second-order valence-electron chi connectivity index (χ2n) is 7.65. The van der Waals surface area contributed by atoms with Gasteiger partial charge in [0.2, 0.25) is 0 Å². The number of carbonyl (C=O) groups excluding carboxylic acids is 2. The van der Waals surface area contributed by atoms with Crippen LogP contribution in [-0.2, 0) is 9.53 Å². The molecule has 0 spiro atoms. The molecule has 0 bridgehead atoms. The van der Waals surface area contributed by atoms with Crippen molar-refractivity contribution < 1.29 is 18.8 Å². The summed E-state index contributed by atoms with van der Waals surface area (Å²) in [7, 11) is 0. The molecule has 0 aliphatic rings. The van der Waals surface area contributed by atoms with Crippen molar-refractivity contribution in [2.24, 2.45) is 0 Å². The summed E-state index contributed by atoms with van der Waals surface area (Å²) in [4.78, 5) is 29.7. The summed E-state index contributed by atoms with van der Waals surface area (Å²) in [6.07, 6.45) is 0. The lowest BCUT2D eigenvalue weighted by atomic mass is 10.0. The Balaban J connectivity index is 1.53. The molecule has 0 fully saturated rings. The number of hydrogen-bond donors (Lipinski definition) is 1. The van der Waals surface area contributed by atoms with E-state index in [1.165, 1.54) is 0 Å². The van der Waals surface area contributed by atoms with E-state index in [4.69, 9.17) is 9.26 Å². The van der Waals surface area contributed by atoms with Gasteiger partial charge in [0, 0.05) is 5.56 Å². The van der Waals surface area contributed by atoms with Crippen LogP contribution in [0.5, 0.6) is 0 Å². The van der Waals surface area contributed by atoms with Gasteiger partial charge in [0.25, 0.3) is 11.6 Å². The monoisotopic (exact) mass is 429 g/mol. The predicted molar refractivity (Wildman–Crippen MR) is 120 cm³/mol. The number of benzene rings is 2. The zero-order chi connectivity index (χ0) is 22.7. The van der Waals surface area contributed by atoms with Crippen LogP contribution in [0.3, 0.4) is 0 Å². The molecule has 4 aromatic rings. The number of carbonyl (C=O) groups is 2. The van der Waals surface area contributed by atoms with E-state index < -0.39 is 12.6 Å². The Bertz CT molecular complexity index is 1260. The van der Waals surface area contributed by atoms with Gasteiger partial charge in [-0.2, -0.15) is 0 Å². The Labute approximate surface area is 185 Å². The molecule has 4 rings (SSSR count). The maximum atomic E-state index is 12.9. The van der Waals surface area contributed by atoms with E-state index in [1.807, 2.05) is 68.4 Å². The van der Waals surface area contributed by atoms with Crippen LogP contribution in [0.15, 0.2) is 65.2 Å². The van der Waals surface area contributed by atoms with Crippen LogP contribution in [0.2, 0.25) is 0 Å². The number of nitrogens with zero attached hydrogens (tertiary/aromatic N) is 2. The fraction of sp³-hybridized carbons (Fsp3) is 0.200. The summed E-state index contributed by atoms with van der Waals surface area (Å²) in [6, 6.07) is 18.8. The number of aromatic nitrogens is 2. The molecule has 7 nitrogen and oxygen atoms in total. The van der Waals surface area contributed by atoms with Crippen molar-refractivity contribution in [3.8, 4) is 11.3 Å². The van der Waals surface area contributed by atoms with E-state index in [1.54, 1.807) is 13.0 Å². The fourth-order valence-corrected chi connectivity index (χ4v) is 3.44. The molecule has 162 valence electrons. The average Bonchev–Trinajstić information content (AvgIpc) is 3.18. The molecule has 0 saturated carbocycles. The molecule has 0 radical (unpaired) electrons. The lowest BCUT2D eigenvalue weighted by Gasteiger charge is -2.14. The number of hydrogen-bond acceptors (Lipinski definition) is 6. The first-order chi connectivity index (χ1) is 15.4. The van der Waals surface area contributed by atoms with Crippen LogP contribution in [-0.4, -0.2) is 28.6 Å². The quantitative estimate of drug-likeness (QED) is 0.452. The lowest BCUT2D eigenvalue weighted by Crippen LogP contribution is -2.31. The number of nitrogens with one attached hydrogen (secondary N) is 1. The summed E-state index contributed by atoms with van der Waals surface area (Å²) in [5.74, 6) is -1.03. The first-order valence-electron chi connectivity index (χ1n) is 10.3. The van der Waals surface area contributed by atoms with Gasteiger partial charge < -0.3 is 14.6 Å². The van der Waals surface area contributed by atoms with Crippen molar-refractivity contribution in [1.82, 2.24) is 15.5 Å². The first-order valence-corrected chi connectivity index (χ1v) is 10.3. The topological polar surface area (TPSA) is 94.3 Å². The third-order valence-electron chi connectivity index (χ3n) is 5.20. The standard InChI is InChI=1S/C25H23N3O4/c1-15-9-11-19(12-10-15)21-13-20(23-17(3)28-32-24(23)27-21)25(30)31-14-22(29)26-16(2)18-7-5-4-6-8-18/h4-13,16H,14H2,1-3H3,(H,26,29). The molecule has 2 aromatic heterocycles. The number of amides is 1. The summed E-state index contributed by atoms with van der Waals surface area (Å²) in [5.41, 5.74) is 4.49. The Morgan fingerprint density at radius 1 is 1.06 bits per heavy atom. The van der Waals surface area contributed by atoms with E-state index in [0.717, 1.165) is 16.7 Å². The van der Waals surface area contributed by atoms with Gasteiger partial charge in [-0.15, -0.1) is 0 Å². The van der Waals surface area contributed by atoms with E-state index in [9.17, 15) is 9.59 Å². The molecule has 1 N–H and O–H groups in total. The third-order valence-corrected chi connectivity index (χ3v) is 5.20. The summed E-state index contributed by atoms with van der Waals surface area (Å²) < 4.78 is 10.6. The van der Waals surface area contributed by atoms with Gasteiger partial charge in [-0.05, 0) is 32.4 Å².